The molecule has 1 N–H and O–H groups in total. The van der Waals surface area contributed by atoms with Gasteiger partial charge in [-0.15, -0.1) is 0 Å². The summed E-state index contributed by atoms with van der Waals surface area (Å²) in [6.07, 6.45) is 0.945. The molecule has 0 bridgehead atoms. The third-order valence-corrected chi connectivity index (χ3v) is 4.11. The molecule has 4 nitrogen and oxygen atoms in total. The molecule has 2 aromatic rings. The summed E-state index contributed by atoms with van der Waals surface area (Å²) in [5, 5.41) is 3.66. The fourth-order valence-electron chi connectivity index (χ4n) is 2.69. The van der Waals surface area contributed by atoms with Crippen molar-refractivity contribution < 1.29 is 14.3 Å². The van der Waals surface area contributed by atoms with Gasteiger partial charge in [0.2, 0.25) is 0 Å². The fourth-order valence-corrected chi connectivity index (χ4v) is 3.22. The van der Waals surface area contributed by atoms with Crippen molar-refractivity contribution in [3.63, 3.8) is 0 Å². The van der Waals surface area contributed by atoms with E-state index in [1.165, 1.54) is 0 Å². The van der Waals surface area contributed by atoms with Crippen molar-refractivity contribution in [2.75, 3.05) is 11.9 Å². The molecule has 0 spiro atoms. The van der Waals surface area contributed by atoms with Crippen LogP contribution in [0.4, 0.5) is 5.69 Å². The number of amides is 1. The lowest BCUT2D eigenvalue weighted by Gasteiger charge is -2.14. The van der Waals surface area contributed by atoms with Gasteiger partial charge in [0.25, 0.3) is 5.91 Å². The van der Waals surface area contributed by atoms with E-state index in [1.54, 1.807) is 24.3 Å². The number of hydrogen-bond acceptors (Lipinski definition) is 3. The Hall–Kier alpha value is -1.91. The van der Waals surface area contributed by atoms with Gasteiger partial charge in [-0.25, -0.2) is 0 Å². The first kappa shape index (κ1) is 16.9. The molecule has 1 unspecified atom stereocenters. The van der Waals surface area contributed by atoms with Crippen molar-refractivity contribution >= 4 is 34.8 Å². The van der Waals surface area contributed by atoms with Gasteiger partial charge in [0.15, 0.2) is 0 Å². The number of benzene rings is 2. The van der Waals surface area contributed by atoms with Crippen molar-refractivity contribution in [1.82, 2.24) is 0 Å². The standard InChI is InChI=1S/C18H17Cl2NO3/c1-3-23-17-7-11-4-10(2)24-16(11)9-15(17)21-18(22)12-5-13(19)8-14(20)6-12/h5-10H,3-4H2,1-2H3,(H,21,22). The van der Waals surface area contributed by atoms with Crippen molar-refractivity contribution in [3.8, 4) is 11.5 Å². The summed E-state index contributed by atoms with van der Waals surface area (Å²) >= 11 is 11.9. The maximum Gasteiger partial charge on any atom is 0.255 e. The maximum atomic E-state index is 12.5. The molecule has 24 heavy (non-hydrogen) atoms. The highest BCUT2D eigenvalue weighted by Gasteiger charge is 2.23. The van der Waals surface area contributed by atoms with E-state index in [2.05, 4.69) is 5.32 Å². The lowest BCUT2D eigenvalue weighted by atomic mass is 10.1. The van der Waals surface area contributed by atoms with Crippen LogP contribution in [0.15, 0.2) is 30.3 Å². The van der Waals surface area contributed by atoms with E-state index in [1.807, 2.05) is 19.9 Å². The summed E-state index contributed by atoms with van der Waals surface area (Å²) in [6, 6.07) is 8.43. The number of anilines is 1. The van der Waals surface area contributed by atoms with Gasteiger partial charge < -0.3 is 14.8 Å². The molecule has 0 fully saturated rings. The number of carbonyl (C=O) groups excluding carboxylic acids is 1. The van der Waals surface area contributed by atoms with Gasteiger partial charge in [0, 0.05) is 33.7 Å². The summed E-state index contributed by atoms with van der Waals surface area (Å²) in [7, 11) is 0. The van der Waals surface area contributed by atoms with Crippen molar-refractivity contribution in [3.05, 3.63) is 51.5 Å². The largest absolute Gasteiger partial charge is 0.492 e. The van der Waals surface area contributed by atoms with E-state index in [-0.39, 0.29) is 12.0 Å². The van der Waals surface area contributed by atoms with E-state index in [9.17, 15) is 4.79 Å². The highest BCUT2D eigenvalue weighted by atomic mass is 35.5. The third-order valence-electron chi connectivity index (χ3n) is 3.67. The number of rotatable bonds is 4. The predicted molar refractivity (Wildman–Crippen MR) is 95.8 cm³/mol. The summed E-state index contributed by atoms with van der Waals surface area (Å²) in [4.78, 5) is 12.5. The average molecular weight is 366 g/mol. The van der Waals surface area contributed by atoms with Crippen LogP contribution in [0.2, 0.25) is 10.0 Å². The molecule has 2 aromatic carbocycles. The van der Waals surface area contributed by atoms with Crippen LogP contribution in [-0.4, -0.2) is 18.6 Å². The van der Waals surface area contributed by atoms with Gasteiger partial charge >= 0.3 is 0 Å². The van der Waals surface area contributed by atoms with Crippen LogP contribution in [0.5, 0.6) is 11.5 Å². The van der Waals surface area contributed by atoms with Crippen LogP contribution in [0.1, 0.15) is 29.8 Å². The molecular formula is C18H17Cl2NO3. The lowest BCUT2D eigenvalue weighted by molar-refractivity contribution is 0.102. The van der Waals surface area contributed by atoms with Gasteiger partial charge in [-0.3, -0.25) is 4.79 Å². The van der Waals surface area contributed by atoms with E-state index < -0.39 is 0 Å². The summed E-state index contributed by atoms with van der Waals surface area (Å²) in [5.74, 6) is 1.08. The lowest BCUT2D eigenvalue weighted by Crippen LogP contribution is -2.13. The zero-order valence-electron chi connectivity index (χ0n) is 13.4. The van der Waals surface area contributed by atoms with Crippen molar-refractivity contribution in [2.45, 2.75) is 26.4 Å². The number of halogens is 2. The second-order valence-electron chi connectivity index (χ2n) is 5.63. The first-order chi connectivity index (χ1) is 11.5. The topological polar surface area (TPSA) is 47.6 Å². The number of ether oxygens (including phenoxy) is 2. The second-order valence-corrected chi connectivity index (χ2v) is 6.51. The molecule has 0 aliphatic carbocycles. The smallest absolute Gasteiger partial charge is 0.255 e. The summed E-state index contributed by atoms with van der Waals surface area (Å²) < 4.78 is 11.4. The number of hydrogen-bond donors (Lipinski definition) is 1. The molecule has 0 aromatic heterocycles. The van der Waals surface area contributed by atoms with Gasteiger partial charge in [-0.05, 0) is 38.1 Å². The number of fused-ring (bicyclic) bond motifs is 1. The van der Waals surface area contributed by atoms with Crippen LogP contribution >= 0.6 is 23.2 Å². The van der Waals surface area contributed by atoms with E-state index in [4.69, 9.17) is 32.7 Å². The SMILES string of the molecule is CCOc1cc2c(cc1NC(=O)c1cc(Cl)cc(Cl)c1)OC(C)C2. The highest BCUT2D eigenvalue weighted by molar-refractivity contribution is 6.35. The van der Waals surface area contributed by atoms with Crippen LogP contribution in [0.3, 0.4) is 0 Å². The predicted octanol–water partition coefficient (Wildman–Crippen LogP) is 4.97. The molecule has 1 aliphatic heterocycles. The van der Waals surface area contributed by atoms with Crippen LogP contribution < -0.4 is 14.8 Å². The third kappa shape index (κ3) is 3.60. The highest BCUT2D eigenvalue weighted by Crippen LogP contribution is 2.38. The number of nitrogens with one attached hydrogen (secondary N) is 1. The Morgan fingerprint density at radius 3 is 2.62 bits per heavy atom. The van der Waals surface area contributed by atoms with Crippen molar-refractivity contribution in [1.29, 1.82) is 0 Å². The van der Waals surface area contributed by atoms with Gasteiger partial charge in [-0.1, -0.05) is 23.2 Å². The van der Waals surface area contributed by atoms with E-state index >= 15 is 0 Å². The summed E-state index contributed by atoms with van der Waals surface area (Å²) in [6.45, 7) is 4.41. The Balaban J connectivity index is 1.91. The zero-order valence-corrected chi connectivity index (χ0v) is 14.9. The first-order valence-corrected chi connectivity index (χ1v) is 8.45. The second kappa shape index (κ2) is 6.91. The molecule has 0 radical (unpaired) electrons. The molecule has 1 amide bonds. The van der Waals surface area contributed by atoms with Crippen LogP contribution in [0.25, 0.3) is 0 Å². The molecule has 0 saturated carbocycles. The Kier molecular flexibility index (Phi) is 4.88. The first-order valence-electron chi connectivity index (χ1n) is 7.70. The van der Waals surface area contributed by atoms with Gasteiger partial charge in [0.1, 0.15) is 17.6 Å². The normalized spacial score (nSPS) is 15.6. The number of carbonyl (C=O) groups is 1. The van der Waals surface area contributed by atoms with E-state index in [0.29, 0.717) is 33.7 Å². The Bertz CT molecular complexity index is 772. The van der Waals surface area contributed by atoms with Crippen LogP contribution in [-0.2, 0) is 6.42 Å². The average Bonchev–Trinajstić information content (AvgIpc) is 2.85. The Morgan fingerprint density at radius 1 is 1.25 bits per heavy atom. The molecule has 3 rings (SSSR count). The minimum Gasteiger partial charge on any atom is -0.492 e. The minimum atomic E-state index is -0.314. The fraction of sp³-hybridized carbons (Fsp3) is 0.278. The monoisotopic (exact) mass is 365 g/mol. The Labute approximate surface area is 150 Å². The van der Waals surface area contributed by atoms with Gasteiger partial charge in [-0.2, -0.15) is 0 Å². The van der Waals surface area contributed by atoms with Crippen LogP contribution in [0, 0.1) is 0 Å². The molecule has 1 aliphatic rings. The summed E-state index contributed by atoms with van der Waals surface area (Å²) in [5.41, 5.74) is 2.02. The van der Waals surface area contributed by atoms with Crippen molar-refractivity contribution in [2.24, 2.45) is 0 Å². The molecule has 1 heterocycles. The Morgan fingerprint density at radius 2 is 1.96 bits per heavy atom. The van der Waals surface area contributed by atoms with E-state index in [0.717, 1.165) is 17.7 Å². The molecule has 1 atom stereocenters. The molecule has 126 valence electrons. The molecule has 6 heteroatoms. The zero-order chi connectivity index (χ0) is 17.3. The minimum absolute atomic E-state index is 0.118. The molecular weight excluding hydrogens is 349 g/mol. The quantitative estimate of drug-likeness (QED) is 0.831. The van der Waals surface area contributed by atoms with Gasteiger partial charge in [0.05, 0.1) is 12.3 Å². The molecule has 0 saturated heterocycles. The maximum absolute atomic E-state index is 12.5.